The first kappa shape index (κ1) is 15.7. The minimum Gasteiger partial charge on any atom is -0.310 e. The highest BCUT2D eigenvalue weighted by atomic mass is 16.2. The number of nitrogens with zero attached hydrogens (tertiary/aromatic N) is 5. The van der Waals surface area contributed by atoms with Gasteiger partial charge in [0.25, 0.3) is 0 Å². The molecule has 4 heterocycles. The number of aromatic nitrogens is 4. The van der Waals surface area contributed by atoms with E-state index in [0.717, 1.165) is 35.2 Å². The molecule has 0 radical (unpaired) electrons. The van der Waals surface area contributed by atoms with Crippen LogP contribution in [0.5, 0.6) is 0 Å². The maximum absolute atomic E-state index is 12.2. The molecule has 1 aliphatic rings. The first-order valence-electron chi connectivity index (χ1n) is 8.45. The standard InChI is InChI=1S/C18H20N6O/c1-23-11-14(10-20-23)15-5-4-13-9-19-17(8-16(13)21-15)22-18(25)12-24-6-2-3-7-24/h4-5,8-11H,2-3,6-7,12H2,1H3,(H,19,22,25). The summed E-state index contributed by atoms with van der Waals surface area (Å²) in [6, 6.07) is 5.75. The lowest BCUT2D eigenvalue weighted by molar-refractivity contribution is -0.117. The number of hydrogen-bond donors (Lipinski definition) is 1. The quantitative estimate of drug-likeness (QED) is 0.789. The van der Waals surface area contributed by atoms with E-state index in [-0.39, 0.29) is 5.91 Å². The highest BCUT2D eigenvalue weighted by Gasteiger charge is 2.15. The van der Waals surface area contributed by atoms with Gasteiger partial charge in [0, 0.05) is 36.5 Å². The number of hydrogen-bond acceptors (Lipinski definition) is 5. The predicted molar refractivity (Wildman–Crippen MR) is 96.0 cm³/mol. The Morgan fingerprint density at radius 2 is 2.08 bits per heavy atom. The number of pyridine rings is 2. The molecule has 0 unspecified atom stereocenters. The molecule has 0 aliphatic carbocycles. The number of amides is 1. The number of likely N-dealkylation sites (tertiary alicyclic amines) is 1. The van der Waals surface area contributed by atoms with Crippen LogP contribution in [0.4, 0.5) is 5.82 Å². The normalized spacial score (nSPS) is 14.9. The summed E-state index contributed by atoms with van der Waals surface area (Å²) in [6.45, 7) is 2.41. The second-order valence-corrected chi connectivity index (χ2v) is 6.39. The lowest BCUT2D eigenvalue weighted by Crippen LogP contribution is -2.31. The van der Waals surface area contributed by atoms with Crippen LogP contribution in [0, 0.1) is 0 Å². The molecule has 7 nitrogen and oxygen atoms in total. The van der Waals surface area contributed by atoms with Crippen molar-refractivity contribution in [3.63, 3.8) is 0 Å². The lowest BCUT2D eigenvalue weighted by Gasteiger charge is -2.13. The second-order valence-electron chi connectivity index (χ2n) is 6.39. The molecule has 3 aromatic rings. The van der Waals surface area contributed by atoms with E-state index in [4.69, 9.17) is 0 Å². The summed E-state index contributed by atoms with van der Waals surface area (Å²) in [5.74, 6) is 0.504. The Morgan fingerprint density at radius 3 is 2.84 bits per heavy atom. The van der Waals surface area contributed by atoms with E-state index < -0.39 is 0 Å². The number of carbonyl (C=O) groups excluding carboxylic acids is 1. The molecule has 1 amide bonds. The van der Waals surface area contributed by atoms with Gasteiger partial charge in [0.2, 0.25) is 5.91 Å². The number of anilines is 1. The Bertz CT molecular complexity index is 913. The van der Waals surface area contributed by atoms with Crippen molar-refractivity contribution in [2.75, 3.05) is 25.0 Å². The third kappa shape index (κ3) is 3.51. The van der Waals surface area contributed by atoms with E-state index in [9.17, 15) is 4.79 Å². The fourth-order valence-electron chi connectivity index (χ4n) is 3.13. The Morgan fingerprint density at radius 1 is 1.24 bits per heavy atom. The molecule has 0 aromatic carbocycles. The molecule has 0 spiro atoms. The summed E-state index contributed by atoms with van der Waals surface area (Å²) in [5, 5.41) is 7.99. The highest BCUT2D eigenvalue weighted by molar-refractivity contribution is 5.93. The largest absolute Gasteiger partial charge is 0.310 e. The van der Waals surface area contributed by atoms with E-state index in [1.807, 2.05) is 31.4 Å². The summed E-state index contributed by atoms with van der Waals surface area (Å²) >= 11 is 0. The van der Waals surface area contributed by atoms with Crippen LogP contribution in [0.15, 0.2) is 36.8 Å². The summed E-state index contributed by atoms with van der Waals surface area (Å²) in [5.41, 5.74) is 2.61. The van der Waals surface area contributed by atoms with Crippen LogP contribution in [0.1, 0.15) is 12.8 Å². The minimum absolute atomic E-state index is 0.0304. The number of fused-ring (bicyclic) bond motifs is 1. The summed E-state index contributed by atoms with van der Waals surface area (Å²) in [6.07, 6.45) is 7.79. The molecule has 1 fully saturated rings. The fourth-order valence-corrected chi connectivity index (χ4v) is 3.13. The van der Waals surface area contributed by atoms with Gasteiger partial charge in [0.15, 0.2) is 0 Å². The van der Waals surface area contributed by atoms with Gasteiger partial charge < -0.3 is 5.32 Å². The number of carbonyl (C=O) groups is 1. The zero-order valence-electron chi connectivity index (χ0n) is 14.1. The fraction of sp³-hybridized carbons (Fsp3) is 0.333. The summed E-state index contributed by atoms with van der Waals surface area (Å²) in [4.78, 5) is 23.3. The van der Waals surface area contributed by atoms with E-state index in [1.54, 1.807) is 17.1 Å². The maximum Gasteiger partial charge on any atom is 0.239 e. The average molecular weight is 336 g/mol. The molecule has 128 valence electrons. The van der Waals surface area contributed by atoms with Crippen molar-refractivity contribution in [2.45, 2.75) is 12.8 Å². The lowest BCUT2D eigenvalue weighted by atomic mass is 10.2. The predicted octanol–water partition coefficient (Wildman–Crippen LogP) is 2.06. The van der Waals surface area contributed by atoms with Gasteiger partial charge in [-0.2, -0.15) is 5.10 Å². The zero-order chi connectivity index (χ0) is 17.2. The monoisotopic (exact) mass is 336 g/mol. The van der Waals surface area contributed by atoms with Crippen molar-refractivity contribution in [3.05, 3.63) is 36.8 Å². The van der Waals surface area contributed by atoms with E-state index >= 15 is 0 Å². The van der Waals surface area contributed by atoms with Gasteiger partial charge in [-0.15, -0.1) is 0 Å². The van der Waals surface area contributed by atoms with Crippen LogP contribution in [-0.2, 0) is 11.8 Å². The first-order valence-corrected chi connectivity index (χ1v) is 8.45. The Balaban J connectivity index is 1.54. The number of rotatable bonds is 4. The smallest absolute Gasteiger partial charge is 0.239 e. The van der Waals surface area contributed by atoms with Gasteiger partial charge in [0.1, 0.15) is 5.82 Å². The van der Waals surface area contributed by atoms with Gasteiger partial charge in [-0.05, 0) is 38.1 Å². The SMILES string of the molecule is Cn1cc(-c2ccc3cnc(NC(=O)CN4CCCC4)cc3n2)cn1. The number of nitrogens with one attached hydrogen (secondary N) is 1. The third-order valence-corrected chi connectivity index (χ3v) is 4.41. The van der Waals surface area contributed by atoms with Crippen LogP contribution in [0.25, 0.3) is 22.2 Å². The Labute approximate surface area is 145 Å². The van der Waals surface area contributed by atoms with Crippen LogP contribution < -0.4 is 5.32 Å². The van der Waals surface area contributed by atoms with Gasteiger partial charge in [-0.25, -0.2) is 9.97 Å². The first-order chi connectivity index (χ1) is 12.2. The molecule has 1 saturated heterocycles. The Kier molecular flexibility index (Phi) is 4.15. The van der Waals surface area contributed by atoms with Crippen molar-refractivity contribution in [1.82, 2.24) is 24.6 Å². The van der Waals surface area contributed by atoms with Crippen LogP contribution >= 0.6 is 0 Å². The molecular formula is C18H20N6O. The minimum atomic E-state index is -0.0304. The van der Waals surface area contributed by atoms with Crippen molar-refractivity contribution in [1.29, 1.82) is 0 Å². The molecule has 3 aromatic heterocycles. The van der Waals surface area contributed by atoms with Gasteiger partial charge in [-0.3, -0.25) is 14.4 Å². The third-order valence-electron chi connectivity index (χ3n) is 4.41. The van der Waals surface area contributed by atoms with Crippen LogP contribution in [0.2, 0.25) is 0 Å². The second kappa shape index (κ2) is 6.60. The van der Waals surface area contributed by atoms with Crippen molar-refractivity contribution < 1.29 is 4.79 Å². The van der Waals surface area contributed by atoms with E-state index in [2.05, 4.69) is 25.3 Å². The molecular weight excluding hydrogens is 316 g/mol. The van der Waals surface area contributed by atoms with Gasteiger partial charge in [-0.1, -0.05) is 0 Å². The number of aryl methyl sites for hydroxylation is 1. The van der Waals surface area contributed by atoms with E-state index in [0.29, 0.717) is 12.4 Å². The van der Waals surface area contributed by atoms with Crippen molar-refractivity contribution in [3.8, 4) is 11.3 Å². The zero-order valence-corrected chi connectivity index (χ0v) is 14.1. The van der Waals surface area contributed by atoms with Crippen molar-refractivity contribution >= 4 is 22.6 Å². The topological polar surface area (TPSA) is 75.9 Å². The molecule has 1 aliphatic heterocycles. The highest BCUT2D eigenvalue weighted by Crippen LogP contribution is 2.21. The average Bonchev–Trinajstić information content (AvgIpc) is 3.26. The van der Waals surface area contributed by atoms with Gasteiger partial charge >= 0.3 is 0 Å². The molecule has 4 rings (SSSR count). The van der Waals surface area contributed by atoms with E-state index in [1.165, 1.54) is 12.8 Å². The van der Waals surface area contributed by atoms with Crippen LogP contribution in [0.3, 0.4) is 0 Å². The summed E-state index contributed by atoms with van der Waals surface area (Å²) < 4.78 is 1.75. The molecule has 1 N–H and O–H groups in total. The maximum atomic E-state index is 12.2. The molecule has 25 heavy (non-hydrogen) atoms. The molecule has 0 saturated carbocycles. The van der Waals surface area contributed by atoms with Crippen LogP contribution in [-0.4, -0.2) is 50.2 Å². The summed E-state index contributed by atoms with van der Waals surface area (Å²) in [7, 11) is 1.88. The van der Waals surface area contributed by atoms with Crippen molar-refractivity contribution in [2.24, 2.45) is 7.05 Å². The molecule has 0 atom stereocenters. The molecule has 7 heteroatoms. The Hall–Kier alpha value is -2.80. The van der Waals surface area contributed by atoms with Gasteiger partial charge in [0.05, 0.1) is 24.0 Å². The molecule has 0 bridgehead atoms.